The third kappa shape index (κ3) is 2.90. The average molecular weight is 200 g/mol. The van der Waals surface area contributed by atoms with E-state index in [-0.39, 0.29) is 12.4 Å². The molecule has 1 aliphatic rings. The summed E-state index contributed by atoms with van der Waals surface area (Å²) in [7, 11) is 0. The first kappa shape index (κ1) is 10.4. The highest BCUT2D eigenvalue weighted by atomic mass is 35.5. The van der Waals surface area contributed by atoms with Crippen molar-refractivity contribution in [2.45, 2.75) is 25.5 Å². The van der Waals surface area contributed by atoms with Crippen molar-refractivity contribution in [3.63, 3.8) is 0 Å². The van der Waals surface area contributed by atoms with Gasteiger partial charge in [-0.1, -0.05) is 12.1 Å². The maximum atomic E-state index is 5.58. The van der Waals surface area contributed by atoms with Gasteiger partial charge in [-0.05, 0) is 30.5 Å². The first-order valence-corrected chi connectivity index (χ1v) is 4.34. The van der Waals surface area contributed by atoms with E-state index >= 15 is 0 Å². The van der Waals surface area contributed by atoms with Crippen LogP contribution < -0.4 is 10.5 Å². The standard InChI is InChI=1S/C10H13NO.ClH/c11-7-8-1-3-9(4-2-8)12-10-5-6-10;/h1-4,10H,5-7,11H2;1H. The number of hydrogen-bond acceptors (Lipinski definition) is 2. The topological polar surface area (TPSA) is 35.2 Å². The maximum Gasteiger partial charge on any atom is 0.119 e. The van der Waals surface area contributed by atoms with Gasteiger partial charge < -0.3 is 10.5 Å². The van der Waals surface area contributed by atoms with Gasteiger partial charge in [0.1, 0.15) is 5.75 Å². The Morgan fingerprint density at radius 3 is 2.31 bits per heavy atom. The minimum Gasteiger partial charge on any atom is -0.490 e. The Hall–Kier alpha value is -0.730. The van der Waals surface area contributed by atoms with Crippen molar-refractivity contribution < 1.29 is 4.74 Å². The lowest BCUT2D eigenvalue weighted by molar-refractivity contribution is 0.303. The number of hydrogen-bond donors (Lipinski definition) is 1. The first-order valence-electron chi connectivity index (χ1n) is 4.34. The lowest BCUT2D eigenvalue weighted by Gasteiger charge is -2.03. The number of nitrogens with two attached hydrogens (primary N) is 1. The summed E-state index contributed by atoms with van der Waals surface area (Å²) in [6, 6.07) is 8.00. The normalized spacial score (nSPS) is 14.8. The van der Waals surface area contributed by atoms with Gasteiger partial charge in [0.15, 0.2) is 0 Å². The molecule has 0 aliphatic heterocycles. The average Bonchev–Trinajstić information content (AvgIpc) is 2.90. The summed E-state index contributed by atoms with van der Waals surface area (Å²) in [5.74, 6) is 0.967. The molecule has 0 amide bonds. The van der Waals surface area contributed by atoms with Crippen molar-refractivity contribution >= 4 is 12.4 Å². The highest BCUT2D eigenvalue weighted by molar-refractivity contribution is 5.85. The Morgan fingerprint density at radius 2 is 1.85 bits per heavy atom. The second-order valence-corrected chi connectivity index (χ2v) is 3.17. The van der Waals surface area contributed by atoms with Gasteiger partial charge in [0.25, 0.3) is 0 Å². The molecule has 2 N–H and O–H groups in total. The number of rotatable bonds is 3. The molecule has 1 aliphatic carbocycles. The fraction of sp³-hybridized carbons (Fsp3) is 0.400. The number of benzene rings is 1. The molecule has 2 rings (SSSR count). The van der Waals surface area contributed by atoms with E-state index in [4.69, 9.17) is 10.5 Å². The van der Waals surface area contributed by atoms with Gasteiger partial charge in [-0.3, -0.25) is 0 Å². The van der Waals surface area contributed by atoms with E-state index in [9.17, 15) is 0 Å². The minimum absolute atomic E-state index is 0. The van der Waals surface area contributed by atoms with Crippen molar-refractivity contribution in [2.24, 2.45) is 5.73 Å². The van der Waals surface area contributed by atoms with Crippen LogP contribution in [0.3, 0.4) is 0 Å². The SMILES string of the molecule is Cl.NCc1ccc(OC2CC2)cc1. The van der Waals surface area contributed by atoms with Crippen LogP contribution in [-0.2, 0) is 6.54 Å². The predicted molar refractivity (Wildman–Crippen MR) is 55.2 cm³/mol. The summed E-state index contributed by atoms with van der Waals surface area (Å²) in [6.45, 7) is 0.601. The Balaban J connectivity index is 0.000000845. The maximum absolute atomic E-state index is 5.58. The van der Waals surface area contributed by atoms with Crippen LogP contribution in [0.25, 0.3) is 0 Å². The lowest BCUT2D eigenvalue weighted by Crippen LogP contribution is -1.98. The summed E-state index contributed by atoms with van der Waals surface area (Å²) >= 11 is 0. The molecular formula is C10H14ClNO. The molecule has 1 saturated carbocycles. The van der Waals surface area contributed by atoms with E-state index in [2.05, 4.69) is 0 Å². The van der Waals surface area contributed by atoms with E-state index in [1.54, 1.807) is 0 Å². The lowest BCUT2D eigenvalue weighted by atomic mass is 10.2. The highest BCUT2D eigenvalue weighted by Crippen LogP contribution is 2.26. The van der Waals surface area contributed by atoms with Crippen molar-refractivity contribution in [1.29, 1.82) is 0 Å². The largest absolute Gasteiger partial charge is 0.490 e. The van der Waals surface area contributed by atoms with Crippen LogP contribution in [0.1, 0.15) is 18.4 Å². The third-order valence-electron chi connectivity index (χ3n) is 1.99. The second kappa shape index (κ2) is 4.49. The van der Waals surface area contributed by atoms with E-state index in [0.717, 1.165) is 11.3 Å². The van der Waals surface area contributed by atoms with Crippen LogP contribution in [0.2, 0.25) is 0 Å². The molecule has 0 heterocycles. The Kier molecular flexibility index (Phi) is 3.58. The van der Waals surface area contributed by atoms with Crippen molar-refractivity contribution in [2.75, 3.05) is 0 Å². The monoisotopic (exact) mass is 199 g/mol. The molecule has 1 aromatic rings. The van der Waals surface area contributed by atoms with E-state index in [0.29, 0.717) is 12.6 Å². The van der Waals surface area contributed by atoms with Crippen LogP contribution in [0.5, 0.6) is 5.75 Å². The van der Waals surface area contributed by atoms with Gasteiger partial charge >= 0.3 is 0 Å². The zero-order valence-corrected chi connectivity index (χ0v) is 8.22. The van der Waals surface area contributed by atoms with Crippen molar-refractivity contribution in [3.05, 3.63) is 29.8 Å². The van der Waals surface area contributed by atoms with Gasteiger partial charge in [-0.2, -0.15) is 0 Å². The highest BCUT2D eigenvalue weighted by Gasteiger charge is 2.23. The second-order valence-electron chi connectivity index (χ2n) is 3.17. The zero-order valence-electron chi connectivity index (χ0n) is 7.40. The van der Waals surface area contributed by atoms with Gasteiger partial charge in [-0.15, -0.1) is 12.4 Å². The zero-order chi connectivity index (χ0) is 8.39. The van der Waals surface area contributed by atoms with E-state index in [1.807, 2.05) is 24.3 Å². The summed E-state index contributed by atoms with van der Waals surface area (Å²) < 4.78 is 5.58. The summed E-state index contributed by atoms with van der Waals surface area (Å²) in [6.07, 6.45) is 2.89. The Morgan fingerprint density at radius 1 is 1.23 bits per heavy atom. The molecule has 3 heteroatoms. The van der Waals surface area contributed by atoms with Crippen LogP contribution in [-0.4, -0.2) is 6.10 Å². The molecule has 0 spiro atoms. The third-order valence-corrected chi connectivity index (χ3v) is 1.99. The molecule has 1 aromatic carbocycles. The first-order chi connectivity index (χ1) is 5.88. The Labute approximate surface area is 84.5 Å². The minimum atomic E-state index is 0. The molecule has 1 fully saturated rings. The van der Waals surface area contributed by atoms with Gasteiger partial charge in [0.05, 0.1) is 6.10 Å². The fourth-order valence-corrected chi connectivity index (χ4v) is 1.08. The van der Waals surface area contributed by atoms with E-state index in [1.165, 1.54) is 12.8 Å². The molecular weight excluding hydrogens is 186 g/mol. The van der Waals surface area contributed by atoms with Crippen LogP contribution in [0.4, 0.5) is 0 Å². The molecule has 0 atom stereocenters. The number of halogens is 1. The summed E-state index contributed by atoms with van der Waals surface area (Å²) in [5.41, 5.74) is 6.62. The van der Waals surface area contributed by atoms with Crippen molar-refractivity contribution in [1.82, 2.24) is 0 Å². The van der Waals surface area contributed by atoms with Gasteiger partial charge in [-0.25, -0.2) is 0 Å². The molecule has 72 valence electrons. The molecule has 0 saturated heterocycles. The van der Waals surface area contributed by atoms with Gasteiger partial charge in [0.2, 0.25) is 0 Å². The molecule has 0 radical (unpaired) electrons. The van der Waals surface area contributed by atoms with Crippen LogP contribution >= 0.6 is 12.4 Å². The van der Waals surface area contributed by atoms with Crippen LogP contribution in [0.15, 0.2) is 24.3 Å². The summed E-state index contributed by atoms with van der Waals surface area (Å²) in [4.78, 5) is 0. The Bertz CT molecular complexity index is 256. The predicted octanol–water partition coefficient (Wildman–Crippen LogP) is 2.11. The number of ether oxygens (including phenoxy) is 1. The summed E-state index contributed by atoms with van der Waals surface area (Å²) in [5, 5.41) is 0. The van der Waals surface area contributed by atoms with Gasteiger partial charge in [0, 0.05) is 6.54 Å². The molecule has 0 bridgehead atoms. The fourth-order valence-electron chi connectivity index (χ4n) is 1.08. The molecule has 13 heavy (non-hydrogen) atoms. The van der Waals surface area contributed by atoms with Crippen LogP contribution in [0, 0.1) is 0 Å². The molecule has 0 unspecified atom stereocenters. The molecule has 0 aromatic heterocycles. The quantitative estimate of drug-likeness (QED) is 0.810. The van der Waals surface area contributed by atoms with E-state index < -0.39 is 0 Å². The molecule has 2 nitrogen and oxygen atoms in total. The van der Waals surface area contributed by atoms with Crippen molar-refractivity contribution in [3.8, 4) is 5.75 Å². The smallest absolute Gasteiger partial charge is 0.119 e.